The number of hydrogen-bond donors (Lipinski definition) is 1. The molecule has 2 atom stereocenters. The van der Waals surface area contributed by atoms with Crippen LogP contribution in [0.25, 0.3) is 0 Å². The fourth-order valence-corrected chi connectivity index (χ4v) is 3.44. The summed E-state index contributed by atoms with van der Waals surface area (Å²) in [5.74, 6) is 3.88. The van der Waals surface area contributed by atoms with Gasteiger partial charge in [0.1, 0.15) is 0 Å². The van der Waals surface area contributed by atoms with E-state index in [1.807, 2.05) is 25.2 Å². The van der Waals surface area contributed by atoms with Crippen LogP contribution in [0, 0.1) is 11.8 Å². The molecule has 0 aromatic heterocycles. The molecule has 1 N–H and O–H groups in total. The summed E-state index contributed by atoms with van der Waals surface area (Å²) in [6, 6.07) is 5.93. The molecule has 1 saturated heterocycles. The maximum Gasteiger partial charge on any atom is 0.193 e. The Morgan fingerprint density at radius 3 is 2.42 bits per heavy atom. The Kier molecular flexibility index (Phi) is 8.66. The van der Waals surface area contributed by atoms with E-state index in [9.17, 15) is 0 Å². The van der Waals surface area contributed by atoms with Gasteiger partial charge in [0.15, 0.2) is 17.5 Å². The minimum absolute atomic E-state index is 0. The summed E-state index contributed by atoms with van der Waals surface area (Å²) in [6.07, 6.45) is 1.29. The molecule has 1 aromatic carbocycles. The normalized spacial score (nSPS) is 21.0. The van der Waals surface area contributed by atoms with E-state index in [1.165, 1.54) is 6.42 Å². The number of benzene rings is 1. The van der Waals surface area contributed by atoms with Gasteiger partial charge >= 0.3 is 0 Å². The predicted molar refractivity (Wildman–Crippen MR) is 110 cm³/mol. The second-order valence-electron chi connectivity index (χ2n) is 6.40. The van der Waals surface area contributed by atoms with Crippen molar-refractivity contribution in [3.8, 4) is 11.5 Å². The number of methoxy groups -OCH3 is 2. The zero-order valence-corrected chi connectivity index (χ0v) is 17.7. The van der Waals surface area contributed by atoms with Gasteiger partial charge in [0.2, 0.25) is 0 Å². The molecular formula is C18H30IN3O2. The summed E-state index contributed by atoms with van der Waals surface area (Å²) in [6.45, 7) is 7.38. The summed E-state index contributed by atoms with van der Waals surface area (Å²) in [5.41, 5.74) is 1.06. The zero-order chi connectivity index (χ0) is 16.8. The molecular weight excluding hydrogens is 417 g/mol. The van der Waals surface area contributed by atoms with Crippen molar-refractivity contribution in [2.24, 2.45) is 16.8 Å². The van der Waals surface area contributed by atoms with Crippen molar-refractivity contribution in [3.63, 3.8) is 0 Å². The Hall–Kier alpha value is -1.18. The first-order chi connectivity index (χ1) is 11.1. The second kappa shape index (κ2) is 9.96. The van der Waals surface area contributed by atoms with Gasteiger partial charge in [0.05, 0.1) is 14.2 Å². The number of halogens is 1. The van der Waals surface area contributed by atoms with E-state index in [1.54, 1.807) is 14.2 Å². The molecule has 1 aromatic rings. The van der Waals surface area contributed by atoms with E-state index in [4.69, 9.17) is 9.47 Å². The summed E-state index contributed by atoms with van der Waals surface area (Å²) in [5, 5.41) is 3.46. The largest absolute Gasteiger partial charge is 0.493 e. The van der Waals surface area contributed by atoms with E-state index in [2.05, 4.69) is 29.1 Å². The van der Waals surface area contributed by atoms with Crippen LogP contribution in [0.2, 0.25) is 0 Å². The predicted octanol–water partition coefficient (Wildman–Crippen LogP) is 3.38. The Labute approximate surface area is 162 Å². The van der Waals surface area contributed by atoms with E-state index in [-0.39, 0.29) is 24.0 Å². The number of hydrogen-bond acceptors (Lipinski definition) is 3. The first kappa shape index (κ1) is 20.9. The Morgan fingerprint density at radius 2 is 1.88 bits per heavy atom. The fraction of sp³-hybridized carbons (Fsp3) is 0.611. The van der Waals surface area contributed by atoms with Crippen LogP contribution in [0.1, 0.15) is 25.8 Å². The van der Waals surface area contributed by atoms with Gasteiger partial charge in [0.25, 0.3) is 0 Å². The summed E-state index contributed by atoms with van der Waals surface area (Å²) in [4.78, 5) is 6.81. The maximum absolute atomic E-state index is 5.49. The van der Waals surface area contributed by atoms with Crippen LogP contribution < -0.4 is 14.8 Å². The molecule has 0 bridgehead atoms. The number of nitrogens with one attached hydrogen (secondary N) is 1. The molecule has 5 nitrogen and oxygen atoms in total. The third kappa shape index (κ3) is 5.16. The number of piperidine rings is 1. The average molecular weight is 447 g/mol. The van der Waals surface area contributed by atoms with Crippen LogP contribution in [0.3, 0.4) is 0 Å². The lowest BCUT2D eigenvalue weighted by atomic mass is 9.92. The van der Waals surface area contributed by atoms with Crippen molar-refractivity contribution in [1.29, 1.82) is 0 Å². The summed E-state index contributed by atoms with van der Waals surface area (Å²) >= 11 is 0. The van der Waals surface area contributed by atoms with Crippen molar-refractivity contribution in [2.75, 3.05) is 34.4 Å². The standard InChI is InChI=1S/C18H29N3O2.HI/c1-13-9-14(2)12-21(11-13)18(19-3)20-10-15-7-6-8-16(22-4)17(15)23-5;/h6-8,13-14H,9-12H2,1-5H3,(H,19,20);1H. The topological polar surface area (TPSA) is 46.1 Å². The Bertz CT molecular complexity index is 541. The average Bonchev–Trinajstić information content (AvgIpc) is 2.54. The molecule has 0 radical (unpaired) electrons. The lowest BCUT2D eigenvalue weighted by Gasteiger charge is -2.37. The molecule has 2 rings (SSSR count). The van der Waals surface area contributed by atoms with Crippen molar-refractivity contribution in [3.05, 3.63) is 23.8 Å². The first-order valence-corrected chi connectivity index (χ1v) is 8.24. The second-order valence-corrected chi connectivity index (χ2v) is 6.40. The third-order valence-corrected chi connectivity index (χ3v) is 4.30. The molecule has 1 heterocycles. The molecule has 0 amide bonds. The van der Waals surface area contributed by atoms with Gasteiger partial charge in [-0.3, -0.25) is 4.99 Å². The minimum Gasteiger partial charge on any atom is -0.493 e. The van der Waals surface area contributed by atoms with Gasteiger partial charge in [-0.25, -0.2) is 0 Å². The summed E-state index contributed by atoms with van der Waals surface area (Å²) < 4.78 is 10.9. The highest BCUT2D eigenvalue weighted by Crippen LogP contribution is 2.30. The van der Waals surface area contributed by atoms with E-state index >= 15 is 0 Å². The molecule has 136 valence electrons. The van der Waals surface area contributed by atoms with E-state index < -0.39 is 0 Å². The lowest BCUT2D eigenvalue weighted by Crippen LogP contribution is -2.48. The highest BCUT2D eigenvalue weighted by molar-refractivity contribution is 14.0. The van der Waals surface area contributed by atoms with Gasteiger partial charge in [-0.2, -0.15) is 0 Å². The number of rotatable bonds is 4. The van der Waals surface area contributed by atoms with Crippen LogP contribution in [0.5, 0.6) is 11.5 Å². The van der Waals surface area contributed by atoms with Crippen LogP contribution in [-0.4, -0.2) is 45.2 Å². The number of likely N-dealkylation sites (tertiary alicyclic amines) is 1. The molecule has 1 aliphatic rings. The molecule has 6 heteroatoms. The number of aliphatic imine (C=N–C) groups is 1. The third-order valence-electron chi connectivity index (χ3n) is 4.30. The molecule has 0 aliphatic carbocycles. The SMILES string of the molecule is CN=C(NCc1cccc(OC)c1OC)N1CC(C)CC(C)C1.I. The van der Waals surface area contributed by atoms with Crippen LogP contribution in [0.15, 0.2) is 23.2 Å². The smallest absolute Gasteiger partial charge is 0.193 e. The van der Waals surface area contributed by atoms with Crippen molar-refractivity contribution in [1.82, 2.24) is 10.2 Å². The Morgan fingerprint density at radius 1 is 1.21 bits per heavy atom. The number of ether oxygens (including phenoxy) is 2. The quantitative estimate of drug-likeness (QED) is 0.437. The number of nitrogens with zero attached hydrogens (tertiary/aromatic N) is 2. The molecule has 1 fully saturated rings. The minimum atomic E-state index is 0. The van der Waals surface area contributed by atoms with Gasteiger partial charge < -0.3 is 19.7 Å². The monoisotopic (exact) mass is 447 g/mol. The fourth-order valence-electron chi connectivity index (χ4n) is 3.44. The van der Waals surface area contributed by atoms with Gasteiger partial charge in [-0.15, -0.1) is 24.0 Å². The number of guanidine groups is 1. The van der Waals surface area contributed by atoms with E-state index in [0.29, 0.717) is 18.4 Å². The molecule has 1 aliphatic heterocycles. The first-order valence-electron chi connectivity index (χ1n) is 8.24. The van der Waals surface area contributed by atoms with Crippen LogP contribution >= 0.6 is 24.0 Å². The Balaban J connectivity index is 0.00000288. The van der Waals surface area contributed by atoms with Crippen LogP contribution in [0.4, 0.5) is 0 Å². The summed E-state index contributed by atoms with van der Waals surface area (Å²) in [7, 11) is 5.17. The maximum atomic E-state index is 5.49. The number of para-hydroxylation sites is 1. The van der Waals surface area contributed by atoms with Crippen LogP contribution in [-0.2, 0) is 6.54 Å². The van der Waals surface area contributed by atoms with Gasteiger partial charge in [0, 0.05) is 32.2 Å². The molecule has 24 heavy (non-hydrogen) atoms. The molecule has 0 spiro atoms. The van der Waals surface area contributed by atoms with Crippen molar-refractivity contribution < 1.29 is 9.47 Å². The molecule has 0 saturated carbocycles. The lowest BCUT2D eigenvalue weighted by molar-refractivity contribution is 0.208. The van der Waals surface area contributed by atoms with Gasteiger partial charge in [-0.05, 0) is 24.3 Å². The van der Waals surface area contributed by atoms with Crippen molar-refractivity contribution in [2.45, 2.75) is 26.8 Å². The van der Waals surface area contributed by atoms with Gasteiger partial charge in [-0.1, -0.05) is 26.0 Å². The van der Waals surface area contributed by atoms with Crippen molar-refractivity contribution >= 4 is 29.9 Å². The molecule has 2 unspecified atom stereocenters. The zero-order valence-electron chi connectivity index (χ0n) is 15.3. The van der Waals surface area contributed by atoms with E-state index in [0.717, 1.165) is 36.1 Å². The highest BCUT2D eigenvalue weighted by Gasteiger charge is 2.24. The highest BCUT2D eigenvalue weighted by atomic mass is 127.